The van der Waals surface area contributed by atoms with E-state index in [0.29, 0.717) is 5.92 Å². The van der Waals surface area contributed by atoms with E-state index in [9.17, 15) is 4.79 Å². The molecule has 1 aromatic rings. The van der Waals surface area contributed by atoms with Crippen LogP contribution in [0.25, 0.3) is 0 Å². The van der Waals surface area contributed by atoms with E-state index in [-0.39, 0.29) is 5.91 Å². The third-order valence-corrected chi connectivity index (χ3v) is 2.46. The lowest BCUT2D eigenvalue weighted by atomic mass is 10.0. The van der Waals surface area contributed by atoms with Crippen molar-refractivity contribution in [3.63, 3.8) is 0 Å². The number of benzene rings is 1. The first kappa shape index (κ1) is 12.6. The van der Waals surface area contributed by atoms with Gasteiger partial charge in [0, 0.05) is 7.05 Å². The second-order valence-corrected chi connectivity index (χ2v) is 4.07. The molecule has 3 heteroatoms. The molecule has 0 aliphatic carbocycles. The molecule has 0 aromatic heterocycles. The van der Waals surface area contributed by atoms with Crippen LogP contribution in [-0.4, -0.2) is 19.1 Å². The van der Waals surface area contributed by atoms with E-state index in [1.165, 1.54) is 0 Å². The number of carbonyl (C=O) groups is 1. The smallest absolute Gasteiger partial charge is 0.260 e. The zero-order valence-electron chi connectivity index (χ0n) is 10.3. The number of hydrogen-bond donors (Lipinski definition) is 1. The van der Waals surface area contributed by atoms with E-state index in [2.05, 4.69) is 19.2 Å². The highest BCUT2D eigenvalue weighted by atomic mass is 16.5. The fraction of sp³-hybridized carbons (Fsp3) is 0.462. The molecule has 1 N–H and O–H groups in total. The summed E-state index contributed by atoms with van der Waals surface area (Å²) < 4.78 is 5.65. The lowest BCUT2D eigenvalue weighted by Gasteiger charge is -2.17. The summed E-state index contributed by atoms with van der Waals surface area (Å²) in [6.45, 7) is 5.95. The van der Waals surface area contributed by atoms with Crippen molar-refractivity contribution in [2.24, 2.45) is 0 Å². The second kappa shape index (κ2) is 5.54. The molecule has 0 spiro atoms. The lowest BCUT2D eigenvalue weighted by Crippen LogP contribution is -2.33. The number of amides is 1. The van der Waals surface area contributed by atoms with Crippen LogP contribution in [0.5, 0.6) is 5.75 Å². The maximum Gasteiger partial charge on any atom is 0.260 e. The van der Waals surface area contributed by atoms with E-state index in [4.69, 9.17) is 4.74 Å². The molecule has 1 amide bonds. The Balaban J connectivity index is 2.84. The van der Waals surface area contributed by atoms with Crippen molar-refractivity contribution < 1.29 is 9.53 Å². The molecule has 1 aromatic carbocycles. The summed E-state index contributed by atoms with van der Waals surface area (Å²) in [5.74, 6) is 1.06. The molecule has 1 atom stereocenters. The molecule has 0 unspecified atom stereocenters. The maximum atomic E-state index is 11.4. The van der Waals surface area contributed by atoms with Gasteiger partial charge < -0.3 is 10.1 Å². The fourth-order valence-electron chi connectivity index (χ4n) is 1.51. The first-order chi connectivity index (χ1) is 7.56. The number of rotatable bonds is 4. The average molecular weight is 221 g/mol. The van der Waals surface area contributed by atoms with Crippen LogP contribution in [0.3, 0.4) is 0 Å². The van der Waals surface area contributed by atoms with Gasteiger partial charge in [-0.1, -0.05) is 32.0 Å². The summed E-state index contributed by atoms with van der Waals surface area (Å²) >= 11 is 0. The standard InChI is InChI=1S/C13H19NO2/c1-9(2)11-7-5-6-8-12(11)16-10(3)13(15)14-4/h5-10H,1-4H3,(H,14,15)/t10-/m0/s1. The van der Waals surface area contributed by atoms with Crippen LogP contribution in [0.15, 0.2) is 24.3 Å². The van der Waals surface area contributed by atoms with Crippen molar-refractivity contribution in [3.8, 4) is 5.75 Å². The predicted molar refractivity (Wildman–Crippen MR) is 64.7 cm³/mol. The highest BCUT2D eigenvalue weighted by Gasteiger charge is 2.15. The van der Waals surface area contributed by atoms with Crippen molar-refractivity contribution in [2.75, 3.05) is 7.05 Å². The molecule has 0 heterocycles. The number of para-hydroxylation sites is 1. The van der Waals surface area contributed by atoms with Gasteiger partial charge in [0.15, 0.2) is 6.10 Å². The van der Waals surface area contributed by atoms with Crippen LogP contribution in [-0.2, 0) is 4.79 Å². The third-order valence-electron chi connectivity index (χ3n) is 2.46. The molecule has 16 heavy (non-hydrogen) atoms. The first-order valence-corrected chi connectivity index (χ1v) is 5.53. The summed E-state index contributed by atoms with van der Waals surface area (Å²) in [4.78, 5) is 11.4. The number of nitrogens with one attached hydrogen (secondary N) is 1. The van der Waals surface area contributed by atoms with Crippen molar-refractivity contribution in [3.05, 3.63) is 29.8 Å². The van der Waals surface area contributed by atoms with Gasteiger partial charge in [-0.2, -0.15) is 0 Å². The van der Waals surface area contributed by atoms with Gasteiger partial charge in [0.25, 0.3) is 5.91 Å². The molecular weight excluding hydrogens is 202 g/mol. The minimum atomic E-state index is -0.468. The fourth-order valence-corrected chi connectivity index (χ4v) is 1.51. The Morgan fingerprint density at radius 3 is 2.44 bits per heavy atom. The first-order valence-electron chi connectivity index (χ1n) is 5.53. The van der Waals surface area contributed by atoms with Crippen LogP contribution in [0.4, 0.5) is 0 Å². The van der Waals surface area contributed by atoms with E-state index < -0.39 is 6.10 Å². The molecule has 1 rings (SSSR count). The van der Waals surface area contributed by atoms with Crippen molar-refractivity contribution in [1.82, 2.24) is 5.32 Å². The van der Waals surface area contributed by atoms with Crippen LogP contribution >= 0.6 is 0 Å². The van der Waals surface area contributed by atoms with Gasteiger partial charge >= 0.3 is 0 Å². The van der Waals surface area contributed by atoms with Gasteiger partial charge in [0.05, 0.1) is 0 Å². The van der Waals surface area contributed by atoms with Gasteiger partial charge in [-0.05, 0) is 24.5 Å². The molecule has 0 saturated heterocycles. The molecule has 0 saturated carbocycles. The van der Waals surface area contributed by atoms with Gasteiger partial charge in [-0.25, -0.2) is 0 Å². The zero-order chi connectivity index (χ0) is 12.1. The zero-order valence-corrected chi connectivity index (χ0v) is 10.3. The monoisotopic (exact) mass is 221 g/mol. The molecule has 88 valence electrons. The Morgan fingerprint density at radius 1 is 1.25 bits per heavy atom. The summed E-state index contributed by atoms with van der Waals surface area (Å²) in [5, 5.41) is 2.57. The minimum absolute atomic E-state index is 0.112. The van der Waals surface area contributed by atoms with Crippen molar-refractivity contribution >= 4 is 5.91 Å². The van der Waals surface area contributed by atoms with E-state index in [1.807, 2.05) is 24.3 Å². The normalized spacial score (nSPS) is 12.3. The quantitative estimate of drug-likeness (QED) is 0.847. The summed E-state index contributed by atoms with van der Waals surface area (Å²) in [6, 6.07) is 7.82. The van der Waals surface area contributed by atoms with E-state index in [1.54, 1.807) is 14.0 Å². The SMILES string of the molecule is CNC(=O)[C@H](C)Oc1ccccc1C(C)C. The van der Waals surface area contributed by atoms with Crippen LogP contribution in [0, 0.1) is 0 Å². The molecule has 0 aliphatic rings. The number of hydrogen-bond acceptors (Lipinski definition) is 2. The lowest BCUT2D eigenvalue weighted by molar-refractivity contribution is -0.126. The van der Waals surface area contributed by atoms with Crippen LogP contribution in [0.2, 0.25) is 0 Å². The Hall–Kier alpha value is -1.51. The summed E-state index contributed by atoms with van der Waals surface area (Å²) in [7, 11) is 1.61. The van der Waals surface area contributed by atoms with Gasteiger partial charge in [0.2, 0.25) is 0 Å². The van der Waals surface area contributed by atoms with Crippen molar-refractivity contribution in [1.29, 1.82) is 0 Å². The van der Waals surface area contributed by atoms with Gasteiger partial charge in [-0.15, -0.1) is 0 Å². The average Bonchev–Trinajstić information content (AvgIpc) is 2.28. The number of carbonyl (C=O) groups excluding carboxylic acids is 1. The number of ether oxygens (including phenoxy) is 1. The molecule has 0 bridgehead atoms. The molecular formula is C13H19NO2. The maximum absolute atomic E-state index is 11.4. The molecule has 0 aliphatic heterocycles. The van der Waals surface area contributed by atoms with Crippen LogP contribution < -0.4 is 10.1 Å². The highest BCUT2D eigenvalue weighted by molar-refractivity contribution is 5.80. The summed E-state index contributed by atoms with van der Waals surface area (Å²) in [6.07, 6.45) is -0.468. The van der Waals surface area contributed by atoms with E-state index >= 15 is 0 Å². The Morgan fingerprint density at radius 2 is 1.88 bits per heavy atom. The summed E-state index contributed by atoms with van der Waals surface area (Å²) in [5.41, 5.74) is 1.12. The minimum Gasteiger partial charge on any atom is -0.481 e. The Bertz CT molecular complexity index is 361. The Kier molecular flexibility index (Phi) is 4.35. The van der Waals surface area contributed by atoms with E-state index in [0.717, 1.165) is 11.3 Å². The highest BCUT2D eigenvalue weighted by Crippen LogP contribution is 2.26. The predicted octanol–water partition coefficient (Wildman–Crippen LogP) is 2.32. The van der Waals surface area contributed by atoms with Gasteiger partial charge in [-0.3, -0.25) is 4.79 Å². The van der Waals surface area contributed by atoms with Gasteiger partial charge in [0.1, 0.15) is 5.75 Å². The second-order valence-electron chi connectivity index (χ2n) is 4.07. The molecule has 0 radical (unpaired) electrons. The van der Waals surface area contributed by atoms with Crippen LogP contribution in [0.1, 0.15) is 32.3 Å². The molecule has 3 nitrogen and oxygen atoms in total. The topological polar surface area (TPSA) is 38.3 Å². The third kappa shape index (κ3) is 2.99. The van der Waals surface area contributed by atoms with Crippen molar-refractivity contribution in [2.45, 2.75) is 32.8 Å². The largest absolute Gasteiger partial charge is 0.481 e. The molecule has 0 fully saturated rings. The Labute approximate surface area is 96.8 Å². The number of likely N-dealkylation sites (N-methyl/N-ethyl adjacent to an activating group) is 1.